The third-order valence-electron chi connectivity index (χ3n) is 4.42. The van der Waals surface area contributed by atoms with Gasteiger partial charge in [0.1, 0.15) is 0 Å². The Morgan fingerprint density at radius 3 is 1.63 bits per heavy atom. The molecule has 5 nitrogen and oxygen atoms in total. The van der Waals surface area contributed by atoms with Crippen molar-refractivity contribution in [2.24, 2.45) is 5.29 Å². The minimum atomic E-state index is 0.0677. The Hall–Kier alpha value is -2.69. The van der Waals surface area contributed by atoms with Crippen molar-refractivity contribution in [3.05, 3.63) is 64.6 Å². The number of rotatable bonds is 5. The van der Waals surface area contributed by atoms with Gasteiger partial charge >= 0.3 is 0 Å². The van der Waals surface area contributed by atoms with Crippen molar-refractivity contribution in [3.8, 4) is 0 Å². The molecule has 0 heterocycles. The first kappa shape index (κ1) is 22.4. The highest BCUT2D eigenvalue weighted by molar-refractivity contribution is 5.91. The molecule has 0 radical (unpaired) electrons. The van der Waals surface area contributed by atoms with E-state index in [1.54, 1.807) is 18.9 Å². The lowest BCUT2D eigenvalue weighted by molar-refractivity contribution is -0.116. The molecule has 0 aromatic heterocycles. The average Bonchev–Trinajstić information content (AvgIpc) is 2.67. The Balaban J connectivity index is 0.000000271. The lowest BCUT2D eigenvalue weighted by Crippen LogP contribution is -2.24. The molecule has 0 N–H and O–H groups in total. The summed E-state index contributed by atoms with van der Waals surface area (Å²) >= 11 is 0. The van der Waals surface area contributed by atoms with Crippen molar-refractivity contribution < 1.29 is 4.79 Å². The second kappa shape index (κ2) is 10.5. The van der Waals surface area contributed by atoms with Crippen LogP contribution in [-0.2, 0) is 4.79 Å². The molecular formula is C22H31N3O2. The molecule has 0 aliphatic heterocycles. The maximum Gasteiger partial charge on any atom is 0.223 e. The van der Waals surface area contributed by atoms with E-state index in [0.717, 1.165) is 16.9 Å². The van der Waals surface area contributed by atoms with Gasteiger partial charge < -0.3 is 4.90 Å². The number of hydrogen-bond acceptors (Lipinski definition) is 3. The second-order valence-corrected chi connectivity index (χ2v) is 7.11. The molecule has 146 valence electrons. The molecule has 27 heavy (non-hydrogen) atoms. The van der Waals surface area contributed by atoms with E-state index < -0.39 is 0 Å². The van der Waals surface area contributed by atoms with Gasteiger partial charge in [-0.05, 0) is 35.1 Å². The Kier molecular flexibility index (Phi) is 8.66. The van der Waals surface area contributed by atoms with Gasteiger partial charge in [-0.2, -0.15) is 0 Å². The van der Waals surface area contributed by atoms with Gasteiger partial charge in [0.05, 0.1) is 11.0 Å². The van der Waals surface area contributed by atoms with Crippen molar-refractivity contribution in [1.82, 2.24) is 0 Å². The highest BCUT2D eigenvalue weighted by atomic mass is 16.3. The van der Waals surface area contributed by atoms with Crippen molar-refractivity contribution in [2.45, 2.75) is 46.5 Å². The summed E-state index contributed by atoms with van der Waals surface area (Å²) in [6, 6.07) is 15.8. The number of nitroso groups, excluding NO2 is 1. The molecule has 0 fully saturated rings. The van der Waals surface area contributed by atoms with E-state index in [1.165, 1.54) is 10.6 Å². The van der Waals surface area contributed by atoms with Crippen LogP contribution < -0.4 is 9.91 Å². The van der Waals surface area contributed by atoms with E-state index in [4.69, 9.17) is 0 Å². The van der Waals surface area contributed by atoms with Gasteiger partial charge in [0.15, 0.2) is 0 Å². The van der Waals surface area contributed by atoms with E-state index in [-0.39, 0.29) is 5.91 Å². The van der Waals surface area contributed by atoms with E-state index in [0.29, 0.717) is 11.8 Å². The summed E-state index contributed by atoms with van der Waals surface area (Å²) in [5.41, 5.74) is 4.25. The number of hydrogen-bond donors (Lipinski definition) is 0. The molecule has 0 spiro atoms. The SMILES string of the molecule is CC(=O)N(C)c1ccccc1C(C)C.CC(C)c1ccccc1N(C)N=O. The standard InChI is InChI=1S/C12H17NO.C10H14N2O/c1-9(2)11-7-5-6-8-12(11)13(4)10(3)14;1-8(2)9-6-4-5-7-10(9)12(3)11-13/h5-9H,1-4H3;4-8H,1-3H3. The molecule has 1 amide bonds. The van der Waals surface area contributed by atoms with Crippen LogP contribution in [0.25, 0.3) is 0 Å². The Labute approximate surface area is 162 Å². The van der Waals surface area contributed by atoms with Crippen LogP contribution in [0.4, 0.5) is 11.4 Å². The molecule has 2 aromatic rings. The van der Waals surface area contributed by atoms with Crippen LogP contribution in [0, 0.1) is 4.91 Å². The summed E-state index contributed by atoms with van der Waals surface area (Å²) in [6.45, 7) is 10.0. The molecule has 0 bridgehead atoms. The smallest absolute Gasteiger partial charge is 0.223 e. The minimum absolute atomic E-state index is 0.0677. The number of carbonyl (C=O) groups excluding carboxylic acids is 1. The molecule has 2 aromatic carbocycles. The summed E-state index contributed by atoms with van der Waals surface area (Å²) in [5.74, 6) is 0.909. The number of anilines is 2. The summed E-state index contributed by atoms with van der Waals surface area (Å²) in [5, 5.41) is 4.24. The predicted molar refractivity (Wildman–Crippen MR) is 114 cm³/mol. The van der Waals surface area contributed by atoms with Crippen LogP contribution in [-0.4, -0.2) is 20.0 Å². The maximum atomic E-state index is 11.2. The normalized spacial score (nSPS) is 10.3. The lowest BCUT2D eigenvalue weighted by Gasteiger charge is -2.20. The molecule has 0 aliphatic carbocycles. The minimum Gasteiger partial charge on any atom is -0.315 e. The van der Waals surface area contributed by atoms with Crippen LogP contribution in [0.2, 0.25) is 0 Å². The predicted octanol–water partition coefficient (Wildman–Crippen LogP) is 5.72. The fourth-order valence-electron chi connectivity index (χ4n) is 2.77. The largest absolute Gasteiger partial charge is 0.315 e. The topological polar surface area (TPSA) is 53.0 Å². The molecule has 5 heteroatoms. The second-order valence-electron chi connectivity index (χ2n) is 7.11. The molecule has 0 saturated heterocycles. The first-order valence-corrected chi connectivity index (χ1v) is 9.19. The van der Waals surface area contributed by atoms with Gasteiger partial charge in [-0.3, -0.25) is 4.79 Å². The first-order chi connectivity index (χ1) is 12.7. The van der Waals surface area contributed by atoms with Gasteiger partial charge in [-0.25, -0.2) is 5.01 Å². The van der Waals surface area contributed by atoms with Crippen LogP contribution in [0.3, 0.4) is 0 Å². The fourth-order valence-corrected chi connectivity index (χ4v) is 2.77. The summed E-state index contributed by atoms with van der Waals surface area (Å²) in [6.07, 6.45) is 0. The van der Waals surface area contributed by atoms with Gasteiger partial charge in [0.2, 0.25) is 5.91 Å². The summed E-state index contributed by atoms with van der Waals surface area (Å²) in [7, 11) is 3.47. The average molecular weight is 370 g/mol. The number of carbonyl (C=O) groups is 1. The third kappa shape index (κ3) is 6.20. The van der Waals surface area contributed by atoms with Gasteiger partial charge in [-0.1, -0.05) is 64.1 Å². The highest BCUT2D eigenvalue weighted by Crippen LogP contribution is 2.27. The van der Waals surface area contributed by atoms with Crippen molar-refractivity contribution in [3.63, 3.8) is 0 Å². The number of nitrogens with zero attached hydrogens (tertiary/aromatic N) is 3. The van der Waals surface area contributed by atoms with E-state index in [1.807, 2.05) is 49.5 Å². The van der Waals surface area contributed by atoms with Crippen molar-refractivity contribution >= 4 is 17.3 Å². The number of benzene rings is 2. The quantitative estimate of drug-likeness (QED) is 0.500. The van der Waals surface area contributed by atoms with Crippen LogP contribution >= 0.6 is 0 Å². The lowest BCUT2D eigenvalue weighted by atomic mass is 10.0. The molecule has 0 atom stereocenters. The monoisotopic (exact) mass is 369 g/mol. The fraction of sp³-hybridized carbons (Fsp3) is 0.409. The zero-order valence-electron chi connectivity index (χ0n) is 17.4. The molecule has 2 rings (SSSR count). The Bertz CT molecular complexity index is 757. The number of amides is 1. The molecule has 0 unspecified atom stereocenters. The van der Waals surface area contributed by atoms with Crippen molar-refractivity contribution in [2.75, 3.05) is 24.0 Å². The zero-order valence-corrected chi connectivity index (χ0v) is 17.4. The first-order valence-electron chi connectivity index (χ1n) is 9.19. The van der Waals surface area contributed by atoms with E-state index in [2.05, 4.69) is 39.0 Å². The Morgan fingerprint density at radius 2 is 1.22 bits per heavy atom. The summed E-state index contributed by atoms with van der Waals surface area (Å²) < 4.78 is 0. The molecule has 0 aliphatic rings. The molecule has 0 saturated carbocycles. The van der Waals surface area contributed by atoms with Gasteiger partial charge in [0.25, 0.3) is 0 Å². The number of para-hydroxylation sites is 2. The molecular weight excluding hydrogens is 338 g/mol. The highest BCUT2D eigenvalue weighted by Gasteiger charge is 2.12. The Morgan fingerprint density at radius 1 is 0.815 bits per heavy atom. The van der Waals surface area contributed by atoms with E-state index >= 15 is 0 Å². The third-order valence-corrected chi connectivity index (χ3v) is 4.42. The summed E-state index contributed by atoms with van der Waals surface area (Å²) in [4.78, 5) is 23.3. The van der Waals surface area contributed by atoms with Crippen molar-refractivity contribution in [1.29, 1.82) is 0 Å². The van der Waals surface area contributed by atoms with Crippen LogP contribution in [0.1, 0.15) is 57.6 Å². The van der Waals surface area contributed by atoms with Crippen LogP contribution in [0.5, 0.6) is 0 Å². The van der Waals surface area contributed by atoms with Gasteiger partial charge in [0, 0.05) is 26.7 Å². The van der Waals surface area contributed by atoms with Gasteiger partial charge in [-0.15, -0.1) is 4.91 Å². The maximum absolute atomic E-state index is 11.2. The zero-order chi connectivity index (χ0) is 20.6. The van der Waals surface area contributed by atoms with E-state index in [9.17, 15) is 9.70 Å². The van der Waals surface area contributed by atoms with Crippen LogP contribution in [0.15, 0.2) is 53.8 Å².